The van der Waals surface area contributed by atoms with E-state index in [0.29, 0.717) is 13.0 Å². The molecule has 0 aliphatic carbocycles. The van der Waals surface area contributed by atoms with Crippen molar-refractivity contribution in [1.82, 2.24) is 5.32 Å². The lowest BCUT2D eigenvalue weighted by Gasteiger charge is -1.96. The van der Waals surface area contributed by atoms with E-state index >= 15 is 0 Å². The van der Waals surface area contributed by atoms with Crippen molar-refractivity contribution < 1.29 is 4.79 Å². The van der Waals surface area contributed by atoms with Crippen LogP contribution in [0.5, 0.6) is 0 Å². The topological polar surface area (TPSA) is 78.9 Å². The van der Waals surface area contributed by atoms with Crippen molar-refractivity contribution in [3.63, 3.8) is 0 Å². The summed E-state index contributed by atoms with van der Waals surface area (Å²) in [5.74, 6) is -0.204. The van der Waals surface area contributed by atoms with Crippen LogP contribution in [-0.4, -0.2) is 12.5 Å². The average Bonchev–Trinajstić information content (AvgIpc) is 1.99. The minimum atomic E-state index is -0.204. The number of nitrogens with zero attached hydrogens (tertiary/aromatic N) is 1. The van der Waals surface area contributed by atoms with Crippen molar-refractivity contribution in [1.29, 1.82) is 5.26 Å². The van der Waals surface area contributed by atoms with Crippen molar-refractivity contribution >= 4 is 5.91 Å². The Morgan fingerprint density at radius 1 is 1.45 bits per heavy atom. The van der Waals surface area contributed by atoms with Gasteiger partial charge in [0, 0.05) is 6.42 Å². The molecule has 0 unspecified atom stereocenters. The Balaban J connectivity index is 3.12. The highest BCUT2D eigenvalue weighted by atomic mass is 16.1. The molecule has 0 saturated carbocycles. The molecule has 0 fully saturated rings. The van der Waals surface area contributed by atoms with Crippen molar-refractivity contribution in [2.75, 3.05) is 6.54 Å². The smallest absolute Gasteiger partial charge is 0.232 e. The zero-order valence-corrected chi connectivity index (χ0v) is 6.47. The van der Waals surface area contributed by atoms with Crippen LogP contribution in [0.3, 0.4) is 0 Å². The molecule has 0 saturated heterocycles. The molecule has 3 N–H and O–H groups in total. The Labute approximate surface area is 66.4 Å². The average molecular weight is 155 g/mol. The lowest BCUT2D eigenvalue weighted by Crippen LogP contribution is -2.16. The number of carbonyl (C=O) groups excluding carboxylic acids is 1. The van der Waals surface area contributed by atoms with Gasteiger partial charge in [-0.15, -0.1) is 0 Å². The van der Waals surface area contributed by atoms with Crippen LogP contribution in [0.2, 0.25) is 0 Å². The molecule has 11 heavy (non-hydrogen) atoms. The molecule has 1 amide bonds. The summed E-state index contributed by atoms with van der Waals surface area (Å²) >= 11 is 0. The Morgan fingerprint density at radius 2 is 2.18 bits per heavy atom. The van der Waals surface area contributed by atoms with E-state index in [0.717, 1.165) is 19.3 Å². The Kier molecular flexibility index (Phi) is 6.34. The van der Waals surface area contributed by atoms with Crippen LogP contribution in [0.4, 0.5) is 0 Å². The van der Waals surface area contributed by atoms with Gasteiger partial charge in [-0.3, -0.25) is 10.1 Å². The second kappa shape index (κ2) is 7.03. The van der Waals surface area contributed by atoms with Gasteiger partial charge in [0.15, 0.2) is 6.19 Å². The lowest BCUT2D eigenvalue weighted by molar-refractivity contribution is -0.120. The molecule has 0 rings (SSSR count). The molecule has 0 aromatic rings. The maximum atomic E-state index is 10.6. The number of amides is 1. The summed E-state index contributed by atoms with van der Waals surface area (Å²) in [7, 11) is 0. The number of hydrogen-bond acceptors (Lipinski definition) is 3. The monoisotopic (exact) mass is 155 g/mol. The van der Waals surface area contributed by atoms with Crippen molar-refractivity contribution in [2.24, 2.45) is 5.73 Å². The van der Waals surface area contributed by atoms with Crippen molar-refractivity contribution in [3.8, 4) is 6.19 Å². The van der Waals surface area contributed by atoms with Gasteiger partial charge in [-0.2, -0.15) is 5.26 Å². The summed E-state index contributed by atoms with van der Waals surface area (Å²) in [5, 5.41) is 10.1. The maximum Gasteiger partial charge on any atom is 0.232 e. The summed E-state index contributed by atoms with van der Waals surface area (Å²) < 4.78 is 0. The molecule has 0 aliphatic heterocycles. The molecule has 0 aromatic carbocycles. The van der Waals surface area contributed by atoms with Crippen molar-refractivity contribution in [2.45, 2.75) is 25.7 Å². The second-order valence-corrected chi connectivity index (χ2v) is 2.26. The Hall–Kier alpha value is -1.08. The predicted octanol–water partition coefficient (Wildman–Crippen LogP) is 0.103. The normalized spacial score (nSPS) is 8.73. The third-order valence-electron chi connectivity index (χ3n) is 1.30. The highest BCUT2D eigenvalue weighted by Gasteiger charge is 1.97. The molecule has 0 aliphatic rings. The SMILES string of the molecule is N#CNC(=O)CCCCCN. The van der Waals surface area contributed by atoms with Gasteiger partial charge in [0.1, 0.15) is 0 Å². The molecule has 0 radical (unpaired) electrons. The van der Waals surface area contributed by atoms with Gasteiger partial charge >= 0.3 is 0 Å². The van der Waals surface area contributed by atoms with E-state index in [1.54, 1.807) is 6.19 Å². The van der Waals surface area contributed by atoms with Gasteiger partial charge in [0.2, 0.25) is 5.91 Å². The van der Waals surface area contributed by atoms with Gasteiger partial charge < -0.3 is 5.73 Å². The third kappa shape index (κ3) is 6.81. The fourth-order valence-electron chi connectivity index (χ4n) is 0.732. The number of nitrogens with one attached hydrogen (secondary N) is 1. The van der Waals surface area contributed by atoms with Crippen molar-refractivity contribution in [3.05, 3.63) is 0 Å². The van der Waals surface area contributed by atoms with Crippen LogP contribution in [0.15, 0.2) is 0 Å². The number of nitriles is 1. The van der Waals surface area contributed by atoms with Crippen LogP contribution in [0.1, 0.15) is 25.7 Å². The number of carbonyl (C=O) groups is 1. The Morgan fingerprint density at radius 3 is 2.73 bits per heavy atom. The zero-order chi connectivity index (χ0) is 8.53. The first-order valence-electron chi connectivity index (χ1n) is 3.69. The number of hydrogen-bond donors (Lipinski definition) is 2. The summed E-state index contributed by atoms with van der Waals surface area (Å²) in [6.45, 7) is 0.667. The van der Waals surface area contributed by atoms with Gasteiger partial charge in [-0.1, -0.05) is 6.42 Å². The summed E-state index contributed by atoms with van der Waals surface area (Å²) in [4.78, 5) is 10.6. The highest BCUT2D eigenvalue weighted by Crippen LogP contribution is 1.97. The van der Waals surface area contributed by atoms with Crippen LogP contribution in [-0.2, 0) is 4.79 Å². The first-order valence-corrected chi connectivity index (χ1v) is 3.69. The molecule has 0 heterocycles. The van der Waals surface area contributed by atoms with Gasteiger partial charge in [-0.25, -0.2) is 0 Å². The first-order chi connectivity index (χ1) is 5.31. The van der Waals surface area contributed by atoms with E-state index < -0.39 is 0 Å². The fourth-order valence-corrected chi connectivity index (χ4v) is 0.732. The molecule has 0 spiro atoms. The van der Waals surface area contributed by atoms with Gasteiger partial charge in [-0.05, 0) is 19.4 Å². The summed E-state index contributed by atoms with van der Waals surface area (Å²) in [5.41, 5.74) is 5.25. The highest BCUT2D eigenvalue weighted by molar-refractivity contribution is 5.77. The van der Waals surface area contributed by atoms with Gasteiger partial charge in [0.25, 0.3) is 0 Å². The van der Waals surface area contributed by atoms with E-state index in [1.165, 1.54) is 0 Å². The van der Waals surface area contributed by atoms with E-state index in [4.69, 9.17) is 11.0 Å². The molecule has 0 aromatic heterocycles. The number of unbranched alkanes of at least 4 members (excludes halogenated alkanes) is 2. The molecule has 62 valence electrons. The van der Waals surface area contributed by atoms with Crippen LogP contribution >= 0.6 is 0 Å². The lowest BCUT2D eigenvalue weighted by atomic mass is 10.2. The number of nitrogens with two attached hydrogens (primary N) is 1. The van der Waals surface area contributed by atoms with Crippen LogP contribution in [0.25, 0.3) is 0 Å². The number of rotatable bonds is 5. The summed E-state index contributed by atoms with van der Waals surface area (Å²) in [6.07, 6.45) is 4.72. The summed E-state index contributed by atoms with van der Waals surface area (Å²) in [6, 6.07) is 0. The largest absolute Gasteiger partial charge is 0.330 e. The third-order valence-corrected chi connectivity index (χ3v) is 1.30. The van der Waals surface area contributed by atoms with E-state index in [9.17, 15) is 4.79 Å². The minimum absolute atomic E-state index is 0.204. The second-order valence-electron chi connectivity index (χ2n) is 2.26. The molecule has 4 nitrogen and oxygen atoms in total. The minimum Gasteiger partial charge on any atom is -0.330 e. The standard InChI is InChI=1S/C7H13N3O/c8-5-3-1-2-4-7(11)10-6-9/h1-5,8H2,(H,10,11). The Bertz CT molecular complexity index is 150. The van der Waals surface area contributed by atoms with E-state index in [-0.39, 0.29) is 5.91 Å². The van der Waals surface area contributed by atoms with E-state index in [2.05, 4.69) is 5.32 Å². The molecule has 4 heteroatoms. The van der Waals surface area contributed by atoms with E-state index in [1.807, 2.05) is 0 Å². The first kappa shape index (κ1) is 9.92. The predicted molar refractivity (Wildman–Crippen MR) is 41.3 cm³/mol. The maximum absolute atomic E-state index is 10.6. The quantitative estimate of drug-likeness (QED) is 0.336. The zero-order valence-electron chi connectivity index (χ0n) is 6.47. The molecule has 0 bridgehead atoms. The molecular formula is C7H13N3O. The molecular weight excluding hydrogens is 142 g/mol. The molecule has 0 atom stereocenters. The van der Waals surface area contributed by atoms with Crippen LogP contribution < -0.4 is 11.1 Å². The van der Waals surface area contributed by atoms with Gasteiger partial charge in [0.05, 0.1) is 0 Å². The van der Waals surface area contributed by atoms with Crippen LogP contribution in [0, 0.1) is 11.5 Å². The fraction of sp³-hybridized carbons (Fsp3) is 0.714.